The molecule has 3 rings (SSSR count). The molecular weight excluding hydrogens is 256 g/mol. The van der Waals surface area contributed by atoms with Crippen LogP contribution in [-0.4, -0.2) is 32.1 Å². The van der Waals surface area contributed by atoms with Crippen molar-refractivity contribution in [2.24, 2.45) is 0 Å². The van der Waals surface area contributed by atoms with E-state index in [4.69, 9.17) is 0 Å². The zero-order chi connectivity index (χ0) is 11.0. The Hall–Kier alpha value is -1.52. The van der Waals surface area contributed by atoms with E-state index < -0.39 is 0 Å². The fraction of sp³-hybridized carbons (Fsp3) is 0. The fourth-order valence-electron chi connectivity index (χ4n) is 1.73. The van der Waals surface area contributed by atoms with Crippen molar-refractivity contribution in [3.05, 3.63) is 49.1 Å². The van der Waals surface area contributed by atoms with Gasteiger partial charge in [-0.05, 0) is 0 Å². The topological polar surface area (TPSA) is 30.7 Å². The number of imidazole rings is 1. The van der Waals surface area contributed by atoms with Crippen molar-refractivity contribution in [1.82, 2.24) is 13.2 Å². The molecular formula is C12H8GaN3. The van der Waals surface area contributed by atoms with E-state index in [-0.39, 0.29) is 0 Å². The Balaban J connectivity index is 2.23. The first-order chi connectivity index (χ1) is 7.84. The third-order valence-corrected chi connectivity index (χ3v) is 3.42. The zero-order valence-corrected chi connectivity index (χ0v) is 11.0. The van der Waals surface area contributed by atoms with Gasteiger partial charge in [-0.1, -0.05) is 0 Å². The Morgan fingerprint density at radius 2 is 1.88 bits per heavy atom. The van der Waals surface area contributed by atoms with Gasteiger partial charge < -0.3 is 0 Å². The monoisotopic (exact) mass is 263 g/mol. The van der Waals surface area contributed by atoms with E-state index in [1.54, 1.807) is 0 Å². The van der Waals surface area contributed by atoms with Crippen LogP contribution in [0.3, 0.4) is 0 Å². The summed E-state index contributed by atoms with van der Waals surface area (Å²) >= 11 is 1.50. The van der Waals surface area contributed by atoms with Gasteiger partial charge in [0.15, 0.2) is 0 Å². The average molecular weight is 264 g/mol. The molecule has 4 heteroatoms. The van der Waals surface area contributed by atoms with Crippen molar-refractivity contribution >= 4 is 29.6 Å². The predicted octanol–water partition coefficient (Wildman–Crippen LogP) is 2.03. The molecule has 0 atom stereocenters. The average Bonchev–Trinajstić information content (AvgIpc) is 2.75. The molecule has 2 heterocycles. The molecule has 0 spiro atoms. The summed E-state index contributed by atoms with van der Waals surface area (Å²) in [5.74, 6) is 0. The Kier molecular flexibility index (Phi) is 2.30. The molecule has 3 nitrogen and oxygen atoms in total. The van der Waals surface area contributed by atoms with E-state index in [2.05, 4.69) is 28.2 Å². The van der Waals surface area contributed by atoms with Crippen LogP contribution in [-0.2, 0) is 0 Å². The van der Waals surface area contributed by atoms with Crippen LogP contribution >= 0.6 is 0 Å². The van der Waals surface area contributed by atoms with Crippen LogP contribution < -0.4 is 0 Å². The van der Waals surface area contributed by atoms with Crippen molar-refractivity contribution in [2.45, 2.75) is 0 Å². The molecule has 2 radical (unpaired) electrons. The van der Waals surface area contributed by atoms with Gasteiger partial charge in [-0.3, -0.25) is 0 Å². The predicted molar refractivity (Wildman–Crippen MR) is 64.1 cm³/mol. The van der Waals surface area contributed by atoms with Gasteiger partial charge in [0, 0.05) is 0 Å². The van der Waals surface area contributed by atoms with E-state index >= 15 is 0 Å². The molecule has 1 aromatic carbocycles. The number of pyridine rings is 1. The molecule has 0 aliphatic heterocycles. The summed E-state index contributed by atoms with van der Waals surface area (Å²) in [6, 6.07) is 10.3. The van der Waals surface area contributed by atoms with Crippen LogP contribution in [0.1, 0.15) is 0 Å². The van der Waals surface area contributed by atoms with E-state index in [1.807, 2.05) is 34.1 Å². The summed E-state index contributed by atoms with van der Waals surface area (Å²) < 4.78 is 2.03. The van der Waals surface area contributed by atoms with Crippen molar-refractivity contribution in [3.8, 4) is 11.4 Å². The zero-order valence-electron chi connectivity index (χ0n) is 8.54. The van der Waals surface area contributed by atoms with Crippen LogP contribution in [0.2, 0.25) is 0 Å². The second kappa shape index (κ2) is 3.81. The van der Waals surface area contributed by atoms with E-state index in [0.717, 1.165) is 11.4 Å². The number of rotatable bonds is 1. The molecule has 2 aromatic heterocycles. The molecule has 0 aliphatic carbocycles. The fourth-order valence-corrected chi connectivity index (χ4v) is 2.31. The third-order valence-electron chi connectivity index (χ3n) is 2.56. The number of nitrogens with zero attached hydrogens (tertiary/aromatic N) is 3. The van der Waals surface area contributed by atoms with Crippen molar-refractivity contribution in [2.75, 3.05) is 0 Å². The Morgan fingerprint density at radius 3 is 2.62 bits per heavy atom. The summed E-state index contributed by atoms with van der Waals surface area (Å²) in [6.07, 6.45) is 5.57. The van der Waals surface area contributed by atoms with Gasteiger partial charge in [0.25, 0.3) is 0 Å². The van der Waals surface area contributed by atoms with Gasteiger partial charge in [0.05, 0.1) is 0 Å². The number of hydrogen-bond acceptors (Lipinski definition) is 2. The van der Waals surface area contributed by atoms with Crippen molar-refractivity contribution in [1.29, 1.82) is 0 Å². The molecule has 0 bridgehead atoms. The normalized spacial score (nSPS) is 10.8. The van der Waals surface area contributed by atoms with Crippen molar-refractivity contribution in [3.63, 3.8) is 0 Å². The Bertz CT molecular complexity index is 645. The Labute approximate surface area is 103 Å². The standard InChI is InChI=1S/C12H8N3.Ga/c1-2-4-10-6-14-11(5-9(10)3-1)12-7-13-8-15-12;/h1-8H;/q-1;+1. The molecule has 0 saturated carbocycles. The molecule has 3 aromatic rings. The van der Waals surface area contributed by atoms with Gasteiger partial charge in [0.2, 0.25) is 0 Å². The molecule has 16 heavy (non-hydrogen) atoms. The van der Waals surface area contributed by atoms with Crippen molar-refractivity contribution < 1.29 is 0 Å². The molecule has 74 valence electrons. The molecule has 0 amide bonds. The summed E-state index contributed by atoms with van der Waals surface area (Å²) in [5.41, 5.74) is 2.03. The maximum absolute atomic E-state index is 4.46. The van der Waals surface area contributed by atoms with Crippen LogP contribution in [0.15, 0.2) is 49.1 Å². The number of fused-ring (bicyclic) bond motifs is 1. The molecule has 0 aliphatic rings. The third kappa shape index (κ3) is 1.56. The molecule has 0 fully saturated rings. The van der Waals surface area contributed by atoms with Crippen LogP contribution in [0.4, 0.5) is 0 Å². The first-order valence-corrected chi connectivity index (χ1v) is 6.05. The van der Waals surface area contributed by atoms with Crippen LogP contribution in [0.25, 0.3) is 22.2 Å². The second-order valence-corrected chi connectivity index (χ2v) is 4.77. The summed E-state index contributed by atoms with van der Waals surface area (Å²) in [5, 5.41) is 2.38. The van der Waals surface area contributed by atoms with E-state index in [1.165, 1.54) is 29.6 Å². The molecule has 0 N–H and O–H groups in total. The second-order valence-electron chi connectivity index (χ2n) is 3.60. The quantitative estimate of drug-likeness (QED) is 0.629. The first kappa shape index (κ1) is 9.68. The summed E-state index contributed by atoms with van der Waals surface area (Å²) in [7, 11) is 0. The van der Waals surface area contributed by atoms with Crippen LogP contribution in [0.5, 0.6) is 0 Å². The summed E-state index contributed by atoms with van der Waals surface area (Å²) in [6.45, 7) is 0. The first-order valence-electron chi connectivity index (χ1n) is 4.97. The van der Waals surface area contributed by atoms with Gasteiger partial charge in [-0.25, -0.2) is 0 Å². The van der Waals surface area contributed by atoms with Crippen LogP contribution in [0, 0.1) is 0 Å². The maximum atomic E-state index is 4.46. The number of benzene rings is 1. The number of aromatic nitrogens is 3. The van der Waals surface area contributed by atoms with Gasteiger partial charge in [-0.2, -0.15) is 0 Å². The van der Waals surface area contributed by atoms with Gasteiger partial charge >= 0.3 is 103 Å². The van der Waals surface area contributed by atoms with E-state index in [0.29, 0.717) is 0 Å². The SMILES string of the molecule is [Ga][n]1cncc1-c1cc2ccccc2cn1. The Morgan fingerprint density at radius 1 is 1.06 bits per heavy atom. The minimum absolute atomic E-state index is 0.973. The number of hydrogen-bond donors (Lipinski definition) is 0. The molecule has 0 unspecified atom stereocenters. The molecule has 0 saturated heterocycles. The van der Waals surface area contributed by atoms with Gasteiger partial charge in [-0.15, -0.1) is 0 Å². The van der Waals surface area contributed by atoms with E-state index in [9.17, 15) is 0 Å². The summed E-state index contributed by atoms with van der Waals surface area (Å²) in [4.78, 5) is 8.58. The van der Waals surface area contributed by atoms with Gasteiger partial charge in [0.1, 0.15) is 0 Å². The minimum atomic E-state index is 0.973.